The Kier molecular flexibility index (Phi) is 4.08. The summed E-state index contributed by atoms with van der Waals surface area (Å²) in [6, 6.07) is 2.30. The van der Waals surface area contributed by atoms with Crippen LogP contribution in [0.4, 0.5) is 0 Å². The van der Waals surface area contributed by atoms with Gasteiger partial charge in [-0.25, -0.2) is 0 Å². The summed E-state index contributed by atoms with van der Waals surface area (Å²) in [6.45, 7) is 8.79. The zero-order chi connectivity index (χ0) is 10.0. The van der Waals surface area contributed by atoms with Gasteiger partial charge in [0.05, 0.1) is 0 Å². The van der Waals surface area contributed by atoms with Crippen LogP contribution in [-0.4, -0.2) is 19.3 Å². The predicted octanol–water partition coefficient (Wildman–Crippen LogP) is 3.28. The average Bonchev–Trinajstić information content (AvgIpc) is 2.11. The molecule has 0 radical (unpaired) electrons. The molecule has 0 aliphatic carbocycles. The van der Waals surface area contributed by atoms with Crippen molar-refractivity contribution in [3.8, 4) is 0 Å². The molecule has 0 atom stereocenters. The van der Waals surface area contributed by atoms with Crippen molar-refractivity contribution in [1.29, 1.82) is 0 Å². The monoisotopic (exact) mass is 206 g/mol. The second kappa shape index (κ2) is 4.67. The maximum absolute atomic E-state index is 5.89. The SMILES string of the molecule is Cc1cc([CH2][Mg][Cl])c(C)c(C)c1C. The molecule has 0 bridgehead atoms. The molecule has 0 unspecified atom stereocenters. The molecular formula is C11H15ClMg. The van der Waals surface area contributed by atoms with Crippen LogP contribution in [-0.2, 0) is 4.55 Å². The van der Waals surface area contributed by atoms with E-state index in [0.717, 1.165) is 4.55 Å². The van der Waals surface area contributed by atoms with Crippen LogP contribution in [0.15, 0.2) is 6.07 Å². The lowest BCUT2D eigenvalue weighted by Gasteiger charge is -2.13. The van der Waals surface area contributed by atoms with Gasteiger partial charge in [-0.2, -0.15) is 0 Å². The highest BCUT2D eigenvalue weighted by Gasteiger charge is 2.06. The first-order valence-corrected chi connectivity index (χ1v) is 7.84. The highest BCUT2D eigenvalue weighted by atomic mass is 35.5. The number of hydrogen-bond donors (Lipinski definition) is 0. The molecule has 1 aromatic rings. The van der Waals surface area contributed by atoms with Crippen LogP contribution >= 0.6 is 9.07 Å². The smallest absolute Gasteiger partial charge is 0.345 e. The van der Waals surface area contributed by atoms with E-state index in [1.54, 1.807) is 0 Å². The molecule has 0 fully saturated rings. The van der Waals surface area contributed by atoms with E-state index in [1.165, 1.54) is 27.8 Å². The van der Waals surface area contributed by atoms with E-state index in [-0.39, 0.29) is 19.3 Å². The average molecular weight is 207 g/mol. The third-order valence-corrected chi connectivity index (χ3v) is 4.25. The van der Waals surface area contributed by atoms with Gasteiger partial charge in [0.1, 0.15) is 0 Å². The topological polar surface area (TPSA) is 0 Å². The second-order valence-electron chi connectivity index (χ2n) is 3.67. The Bertz CT molecular complexity index is 318. The van der Waals surface area contributed by atoms with Gasteiger partial charge in [0.25, 0.3) is 0 Å². The van der Waals surface area contributed by atoms with E-state index in [9.17, 15) is 0 Å². The fourth-order valence-corrected chi connectivity index (χ4v) is 2.99. The summed E-state index contributed by atoms with van der Waals surface area (Å²) in [5.41, 5.74) is 7.17. The lowest BCUT2D eigenvalue weighted by atomic mass is 9.95. The van der Waals surface area contributed by atoms with Gasteiger partial charge in [-0.05, 0) is 49.9 Å². The van der Waals surface area contributed by atoms with E-state index in [1.807, 2.05) is 0 Å². The second-order valence-corrected chi connectivity index (χ2v) is 5.68. The molecule has 2 heteroatoms. The van der Waals surface area contributed by atoms with Gasteiger partial charge in [-0.3, -0.25) is 0 Å². The molecule has 68 valence electrons. The molecule has 0 aliphatic heterocycles. The quantitative estimate of drug-likeness (QED) is 0.652. The zero-order valence-electron chi connectivity index (χ0n) is 8.87. The Balaban J connectivity index is 3.24. The summed E-state index contributed by atoms with van der Waals surface area (Å²) in [6.07, 6.45) is 0. The van der Waals surface area contributed by atoms with Crippen LogP contribution in [0.1, 0.15) is 27.8 Å². The van der Waals surface area contributed by atoms with Gasteiger partial charge in [0.15, 0.2) is 0 Å². The Hall–Kier alpha value is 0.276. The van der Waals surface area contributed by atoms with E-state index in [4.69, 9.17) is 9.07 Å². The van der Waals surface area contributed by atoms with Gasteiger partial charge in [-0.1, -0.05) is 16.2 Å². The number of aryl methyl sites for hydroxylation is 1. The van der Waals surface area contributed by atoms with Crippen molar-refractivity contribution in [2.24, 2.45) is 0 Å². The van der Waals surface area contributed by atoms with E-state index in [2.05, 4.69) is 33.8 Å². The van der Waals surface area contributed by atoms with Crippen molar-refractivity contribution >= 4 is 28.3 Å². The highest BCUT2D eigenvalue weighted by molar-refractivity contribution is 6.93. The van der Waals surface area contributed by atoms with Gasteiger partial charge < -0.3 is 9.07 Å². The molecule has 0 heterocycles. The predicted molar refractivity (Wildman–Crippen MR) is 60.7 cm³/mol. The molecule has 0 aliphatic rings. The summed E-state index contributed by atoms with van der Waals surface area (Å²) >= 11 is -0.378. The van der Waals surface area contributed by atoms with E-state index >= 15 is 0 Å². The molecule has 0 aromatic heterocycles. The Labute approximate surface area is 94.2 Å². The van der Waals surface area contributed by atoms with Crippen LogP contribution in [0.5, 0.6) is 0 Å². The van der Waals surface area contributed by atoms with Gasteiger partial charge in [-0.15, -0.1) is 0 Å². The van der Waals surface area contributed by atoms with Crippen molar-refractivity contribution in [3.63, 3.8) is 0 Å². The Morgan fingerprint density at radius 3 is 2.23 bits per heavy atom. The molecule has 0 N–H and O–H groups in total. The number of halogens is 1. The number of benzene rings is 1. The lowest BCUT2D eigenvalue weighted by molar-refractivity contribution is 1.16. The van der Waals surface area contributed by atoms with Crippen molar-refractivity contribution < 1.29 is 0 Å². The Morgan fingerprint density at radius 1 is 1.08 bits per heavy atom. The molecular weight excluding hydrogens is 192 g/mol. The lowest BCUT2D eigenvalue weighted by Crippen LogP contribution is -1.99. The van der Waals surface area contributed by atoms with Gasteiger partial charge in [0.2, 0.25) is 0 Å². The summed E-state index contributed by atoms with van der Waals surface area (Å²) in [4.78, 5) is 0. The van der Waals surface area contributed by atoms with Gasteiger partial charge in [0, 0.05) is 0 Å². The molecule has 0 nitrogen and oxygen atoms in total. The van der Waals surface area contributed by atoms with Crippen LogP contribution in [0.25, 0.3) is 0 Å². The van der Waals surface area contributed by atoms with Crippen molar-refractivity contribution in [1.82, 2.24) is 0 Å². The first-order valence-electron chi connectivity index (χ1n) is 4.70. The van der Waals surface area contributed by atoms with Crippen molar-refractivity contribution in [3.05, 3.63) is 33.9 Å². The summed E-state index contributed by atoms with van der Waals surface area (Å²) < 4.78 is 1.12. The van der Waals surface area contributed by atoms with Gasteiger partial charge >= 0.3 is 19.3 Å². The van der Waals surface area contributed by atoms with E-state index < -0.39 is 0 Å². The third kappa shape index (κ3) is 2.39. The van der Waals surface area contributed by atoms with Crippen molar-refractivity contribution in [2.45, 2.75) is 32.2 Å². The Morgan fingerprint density at radius 2 is 1.69 bits per heavy atom. The first kappa shape index (κ1) is 11.4. The minimum atomic E-state index is -0.378. The molecule has 13 heavy (non-hydrogen) atoms. The van der Waals surface area contributed by atoms with E-state index in [0.29, 0.717) is 0 Å². The molecule has 0 saturated carbocycles. The number of rotatable bonds is 2. The van der Waals surface area contributed by atoms with Crippen LogP contribution in [0, 0.1) is 27.7 Å². The summed E-state index contributed by atoms with van der Waals surface area (Å²) in [5.74, 6) is 0. The standard InChI is InChI=1S/C11H15.ClH.Mg/c1-7-6-8(2)10(4)11(5)9(7)3;;/h6H,1H2,2-5H3;1H;/q;;+1/p-1. The first-order chi connectivity index (χ1) is 6.07. The zero-order valence-corrected chi connectivity index (χ0v) is 11.0. The maximum atomic E-state index is 5.89. The third-order valence-electron chi connectivity index (χ3n) is 2.95. The fraction of sp³-hybridized carbons (Fsp3) is 0.455. The number of hydrogen-bond acceptors (Lipinski definition) is 0. The molecule has 1 rings (SSSR count). The van der Waals surface area contributed by atoms with Crippen molar-refractivity contribution in [2.75, 3.05) is 0 Å². The minimum Gasteiger partial charge on any atom is -0.345 e. The minimum absolute atomic E-state index is 0.378. The van der Waals surface area contributed by atoms with Crippen LogP contribution < -0.4 is 0 Å². The molecule has 0 amide bonds. The van der Waals surface area contributed by atoms with Crippen LogP contribution in [0.2, 0.25) is 0 Å². The molecule has 0 spiro atoms. The maximum Gasteiger partial charge on any atom is 0.505 e. The fourth-order valence-electron chi connectivity index (χ4n) is 1.66. The van der Waals surface area contributed by atoms with Crippen LogP contribution in [0.3, 0.4) is 0 Å². The molecule has 0 saturated heterocycles. The largest absolute Gasteiger partial charge is 0.505 e. The highest BCUT2D eigenvalue weighted by Crippen LogP contribution is 2.21. The molecule has 1 aromatic carbocycles. The summed E-state index contributed by atoms with van der Waals surface area (Å²) in [5, 5.41) is 0. The summed E-state index contributed by atoms with van der Waals surface area (Å²) in [7, 11) is 5.89. The normalized spacial score (nSPS) is 9.92.